The number of amides is 3. The largest absolute Gasteiger partial charge is 0.471 e. The molecule has 2 saturated carbocycles. The molecule has 0 aromatic rings. The second-order valence-electron chi connectivity index (χ2n) is 10.5. The molecule has 4 rings (SSSR count). The number of likely N-dealkylation sites (tertiary alicyclic amines) is 1. The van der Waals surface area contributed by atoms with Gasteiger partial charge in [-0.05, 0) is 37.5 Å². The third kappa shape index (κ3) is 2.81. The lowest BCUT2D eigenvalue weighted by atomic mass is 9.72. The number of nitrogens with zero attached hydrogens (tertiary/aromatic N) is 3. The molecular formula is C20H28F3N3O4. The summed E-state index contributed by atoms with van der Waals surface area (Å²) in [6.45, 7) is 7.76. The van der Waals surface area contributed by atoms with Crippen molar-refractivity contribution in [1.29, 1.82) is 0 Å². The van der Waals surface area contributed by atoms with Crippen molar-refractivity contribution < 1.29 is 32.7 Å². The lowest BCUT2D eigenvalue weighted by Gasteiger charge is -2.48. The summed E-state index contributed by atoms with van der Waals surface area (Å²) in [5, 5.41) is 9.71. The van der Waals surface area contributed by atoms with Gasteiger partial charge < -0.3 is 14.9 Å². The van der Waals surface area contributed by atoms with Crippen molar-refractivity contribution in [3.63, 3.8) is 0 Å². The Morgan fingerprint density at radius 3 is 2.10 bits per heavy atom. The Morgan fingerprint density at radius 2 is 1.63 bits per heavy atom. The van der Waals surface area contributed by atoms with Crippen molar-refractivity contribution in [3.8, 4) is 0 Å². The molecule has 1 N–H and O–H groups in total. The number of alkyl halides is 3. The van der Waals surface area contributed by atoms with Gasteiger partial charge in [0.05, 0.1) is 5.54 Å². The first-order valence-corrected chi connectivity index (χ1v) is 10.3. The van der Waals surface area contributed by atoms with Crippen LogP contribution in [-0.4, -0.2) is 81.1 Å². The minimum atomic E-state index is -4.95. The van der Waals surface area contributed by atoms with Gasteiger partial charge in [-0.3, -0.25) is 14.5 Å². The Kier molecular flexibility index (Phi) is 4.27. The van der Waals surface area contributed by atoms with Gasteiger partial charge in [0.1, 0.15) is 6.04 Å². The van der Waals surface area contributed by atoms with E-state index in [0.717, 1.165) is 11.3 Å². The Balaban J connectivity index is 1.62. The van der Waals surface area contributed by atoms with Crippen LogP contribution in [0.4, 0.5) is 18.0 Å². The number of piperazine rings is 1. The molecule has 4 atom stereocenters. The second kappa shape index (κ2) is 6.03. The van der Waals surface area contributed by atoms with Crippen LogP contribution in [0.2, 0.25) is 0 Å². The Morgan fingerprint density at radius 1 is 1.03 bits per heavy atom. The molecule has 0 aromatic heterocycles. The molecule has 168 valence electrons. The van der Waals surface area contributed by atoms with E-state index in [9.17, 15) is 32.7 Å². The summed E-state index contributed by atoms with van der Waals surface area (Å²) in [7, 11) is 0. The van der Waals surface area contributed by atoms with E-state index in [-0.39, 0.29) is 30.3 Å². The minimum Gasteiger partial charge on any atom is -0.465 e. The highest BCUT2D eigenvalue weighted by Crippen LogP contribution is 2.70. The highest BCUT2D eigenvalue weighted by atomic mass is 19.4. The standard InChI is InChI=1S/C20H28F3N3O4/c1-11-8-26(15(28)20(21,22)23)18(5-6-18)10-25(11)14(27)13-19(17(2,3)4)7-12(19)9-24(13)16(29)30/h11-13H,5-10H2,1-4H3,(H,29,30)/t11-,12-,13+,19+/m0/s1. The summed E-state index contributed by atoms with van der Waals surface area (Å²) >= 11 is 0. The molecule has 0 aromatic carbocycles. The van der Waals surface area contributed by atoms with Crippen LogP contribution in [0.25, 0.3) is 0 Å². The van der Waals surface area contributed by atoms with Gasteiger partial charge in [-0.25, -0.2) is 4.79 Å². The molecule has 7 nitrogen and oxygen atoms in total. The zero-order valence-corrected chi connectivity index (χ0v) is 17.6. The first kappa shape index (κ1) is 21.2. The van der Waals surface area contributed by atoms with Crippen LogP contribution in [0, 0.1) is 16.7 Å². The smallest absolute Gasteiger partial charge is 0.465 e. The summed E-state index contributed by atoms with van der Waals surface area (Å²) in [6, 6.07) is -1.47. The van der Waals surface area contributed by atoms with E-state index >= 15 is 0 Å². The molecule has 10 heteroatoms. The highest BCUT2D eigenvalue weighted by molar-refractivity contribution is 5.89. The van der Waals surface area contributed by atoms with Crippen LogP contribution in [0.1, 0.15) is 47.0 Å². The molecule has 2 aliphatic carbocycles. The normalized spacial score (nSPS) is 34.8. The number of carbonyl (C=O) groups is 3. The molecule has 2 saturated heterocycles. The maximum absolute atomic E-state index is 13.7. The third-order valence-electron chi connectivity index (χ3n) is 7.86. The quantitative estimate of drug-likeness (QED) is 0.692. The van der Waals surface area contributed by atoms with Gasteiger partial charge in [-0.2, -0.15) is 13.2 Å². The maximum Gasteiger partial charge on any atom is 0.471 e. The van der Waals surface area contributed by atoms with Crippen molar-refractivity contribution in [1.82, 2.24) is 14.7 Å². The van der Waals surface area contributed by atoms with Crippen LogP contribution in [-0.2, 0) is 9.59 Å². The highest BCUT2D eigenvalue weighted by Gasteiger charge is 2.74. The molecule has 0 bridgehead atoms. The van der Waals surface area contributed by atoms with E-state index in [1.807, 2.05) is 20.8 Å². The van der Waals surface area contributed by atoms with Gasteiger partial charge in [0.15, 0.2) is 0 Å². The first-order valence-electron chi connectivity index (χ1n) is 10.3. The zero-order chi connectivity index (χ0) is 22.4. The van der Waals surface area contributed by atoms with Crippen molar-refractivity contribution in [2.45, 2.75) is 70.8 Å². The topological polar surface area (TPSA) is 81.2 Å². The van der Waals surface area contributed by atoms with E-state index in [1.165, 1.54) is 9.80 Å². The molecule has 0 unspecified atom stereocenters. The van der Waals surface area contributed by atoms with Gasteiger partial charge in [-0.15, -0.1) is 0 Å². The summed E-state index contributed by atoms with van der Waals surface area (Å²) < 4.78 is 39.2. The average Bonchev–Trinajstić information content (AvgIpc) is 3.51. The number of hydrogen-bond donors (Lipinski definition) is 1. The van der Waals surface area contributed by atoms with Crippen molar-refractivity contribution >= 4 is 17.9 Å². The van der Waals surface area contributed by atoms with Crippen LogP contribution >= 0.6 is 0 Å². The van der Waals surface area contributed by atoms with Crippen LogP contribution in [0.5, 0.6) is 0 Å². The summed E-state index contributed by atoms with van der Waals surface area (Å²) in [6.07, 6.45) is -4.52. The van der Waals surface area contributed by atoms with Crippen LogP contribution in [0.15, 0.2) is 0 Å². The lowest BCUT2D eigenvalue weighted by molar-refractivity contribution is -0.193. The van der Waals surface area contributed by atoms with Crippen molar-refractivity contribution in [3.05, 3.63) is 0 Å². The Labute approximate surface area is 173 Å². The third-order valence-corrected chi connectivity index (χ3v) is 7.86. The summed E-state index contributed by atoms with van der Waals surface area (Å²) in [5.74, 6) is -2.09. The number of halogens is 3. The predicted octanol–water partition coefficient (Wildman–Crippen LogP) is 2.56. The molecule has 1 spiro atoms. The van der Waals surface area contributed by atoms with E-state index in [0.29, 0.717) is 19.4 Å². The van der Waals surface area contributed by atoms with E-state index in [2.05, 4.69) is 0 Å². The van der Waals surface area contributed by atoms with Crippen molar-refractivity contribution in [2.24, 2.45) is 16.7 Å². The van der Waals surface area contributed by atoms with Crippen LogP contribution < -0.4 is 0 Å². The number of piperidine rings is 1. The van der Waals surface area contributed by atoms with E-state index in [4.69, 9.17) is 0 Å². The molecule has 3 amide bonds. The fourth-order valence-corrected chi connectivity index (χ4v) is 5.99. The molecule has 4 fully saturated rings. The minimum absolute atomic E-state index is 0.0175. The van der Waals surface area contributed by atoms with Gasteiger partial charge in [-0.1, -0.05) is 20.8 Å². The van der Waals surface area contributed by atoms with E-state index < -0.39 is 41.2 Å². The number of carboxylic acid groups (broad SMARTS) is 1. The van der Waals surface area contributed by atoms with Gasteiger partial charge in [0.2, 0.25) is 5.91 Å². The lowest BCUT2D eigenvalue weighted by Crippen LogP contribution is -2.66. The SMILES string of the molecule is C[C@H]1CN(C(=O)C(F)(F)F)C2(CC2)CN1C(=O)[C@H]1N(C(=O)O)C[C@@H]2C[C@@]21C(C)(C)C. The first-order chi connectivity index (χ1) is 13.7. The summed E-state index contributed by atoms with van der Waals surface area (Å²) in [4.78, 5) is 41.2. The van der Waals surface area contributed by atoms with Gasteiger partial charge in [0, 0.05) is 31.1 Å². The number of fused-ring (bicyclic) bond motifs is 1. The van der Waals surface area contributed by atoms with Gasteiger partial charge >= 0.3 is 18.2 Å². The number of carbonyl (C=O) groups excluding carboxylic acids is 2. The zero-order valence-electron chi connectivity index (χ0n) is 17.6. The van der Waals surface area contributed by atoms with Gasteiger partial charge in [0.25, 0.3) is 0 Å². The average molecular weight is 431 g/mol. The predicted molar refractivity (Wildman–Crippen MR) is 99.4 cm³/mol. The number of hydrogen-bond acceptors (Lipinski definition) is 3. The number of rotatable bonds is 1. The molecule has 4 aliphatic rings. The monoisotopic (exact) mass is 431 g/mol. The van der Waals surface area contributed by atoms with E-state index in [1.54, 1.807) is 6.92 Å². The van der Waals surface area contributed by atoms with Crippen molar-refractivity contribution in [2.75, 3.05) is 19.6 Å². The molecule has 2 aliphatic heterocycles. The summed E-state index contributed by atoms with van der Waals surface area (Å²) in [5.41, 5.74) is -1.74. The van der Waals surface area contributed by atoms with Crippen LogP contribution in [0.3, 0.4) is 0 Å². The second-order valence-corrected chi connectivity index (χ2v) is 10.5. The maximum atomic E-state index is 13.7. The molecule has 30 heavy (non-hydrogen) atoms. The fraction of sp³-hybridized carbons (Fsp3) is 0.850. The Hall–Kier alpha value is -2.00. The molecule has 0 radical (unpaired) electrons. The molecule has 2 heterocycles. The Bertz CT molecular complexity index is 804. The molecular weight excluding hydrogens is 403 g/mol. The fourth-order valence-electron chi connectivity index (χ4n) is 5.99.